The number of nitrogens with zero attached hydrogens (tertiary/aromatic N) is 6. The van der Waals surface area contributed by atoms with Crippen molar-refractivity contribution in [3.8, 4) is 11.4 Å². The Kier molecular flexibility index (Phi) is 6.40. The van der Waals surface area contributed by atoms with E-state index in [9.17, 15) is 9.59 Å². The Morgan fingerprint density at radius 2 is 1.52 bits per heavy atom. The van der Waals surface area contributed by atoms with Crippen LogP contribution in [0.5, 0.6) is 0 Å². The van der Waals surface area contributed by atoms with E-state index in [2.05, 4.69) is 32.6 Å². The molecular weight excluding hydrogens is 392 g/mol. The smallest absolute Gasteiger partial charge is 0.332 e. The highest BCUT2D eigenvalue weighted by molar-refractivity contribution is 5.77. The fourth-order valence-corrected chi connectivity index (χ4v) is 4.12. The van der Waals surface area contributed by atoms with Gasteiger partial charge in [-0.05, 0) is 52.0 Å². The zero-order valence-electron chi connectivity index (χ0n) is 19.9. The first kappa shape index (κ1) is 22.8. The molecule has 8 heteroatoms. The molecule has 0 fully saturated rings. The van der Waals surface area contributed by atoms with Crippen molar-refractivity contribution in [3.63, 3.8) is 0 Å². The molecule has 31 heavy (non-hydrogen) atoms. The van der Waals surface area contributed by atoms with E-state index in [1.54, 1.807) is 7.05 Å². The molecule has 0 spiro atoms. The monoisotopic (exact) mass is 426 g/mol. The van der Waals surface area contributed by atoms with Gasteiger partial charge in [0.25, 0.3) is 5.56 Å². The summed E-state index contributed by atoms with van der Waals surface area (Å²) in [7, 11) is 7.17. The van der Waals surface area contributed by atoms with Crippen molar-refractivity contribution in [2.45, 2.75) is 46.3 Å². The zero-order valence-corrected chi connectivity index (χ0v) is 19.9. The first-order chi connectivity index (χ1) is 14.5. The number of fused-ring (bicyclic) bond motifs is 1. The average molecular weight is 427 g/mol. The van der Waals surface area contributed by atoms with Crippen LogP contribution in [0.1, 0.15) is 27.7 Å². The fourth-order valence-electron chi connectivity index (χ4n) is 4.12. The summed E-state index contributed by atoms with van der Waals surface area (Å²) in [5.41, 5.74) is 2.19. The molecule has 0 N–H and O–H groups in total. The molecule has 0 radical (unpaired) electrons. The molecule has 0 unspecified atom stereocenters. The Balaban J connectivity index is 2.22. The van der Waals surface area contributed by atoms with Gasteiger partial charge in [0, 0.05) is 64.6 Å². The number of imidazole rings is 1. The molecule has 3 aromatic rings. The maximum Gasteiger partial charge on any atom is 0.332 e. The second kappa shape index (κ2) is 8.70. The Morgan fingerprint density at radius 3 is 2.03 bits per heavy atom. The van der Waals surface area contributed by atoms with Crippen molar-refractivity contribution < 1.29 is 0 Å². The first-order valence-electron chi connectivity index (χ1n) is 10.7. The summed E-state index contributed by atoms with van der Waals surface area (Å²) < 4.78 is 4.58. The highest BCUT2D eigenvalue weighted by Crippen LogP contribution is 2.25. The highest BCUT2D eigenvalue weighted by Gasteiger charge is 2.22. The lowest BCUT2D eigenvalue weighted by atomic mass is 10.2. The molecular formula is C23H34N6O2. The van der Waals surface area contributed by atoms with Crippen molar-refractivity contribution in [2.24, 2.45) is 14.1 Å². The van der Waals surface area contributed by atoms with Gasteiger partial charge in [0.05, 0.1) is 0 Å². The van der Waals surface area contributed by atoms with Gasteiger partial charge < -0.3 is 9.47 Å². The van der Waals surface area contributed by atoms with Crippen LogP contribution in [-0.4, -0.2) is 56.3 Å². The van der Waals surface area contributed by atoms with Gasteiger partial charge in [-0.3, -0.25) is 18.8 Å². The summed E-state index contributed by atoms with van der Waals surface area (Å²) in [6, 6.07) is 8.85. The van der Waals surface area contributed by atoms with Crippen LogP contribution in [0.4, 0.5) is 5.69 Å². The summed E-state index contributed by atoms with van der Waals surface area (Å²) in [6.07, 6.45) is 0. The van der Waals surface area contributed by atoms with E-state index in [1.807, 2.05) is 47.8 Å². The van der Waals surface area contributed by atoms with E-state index in [0.717, 1.165) is 22.4 Å². The number of aryl methyl sites for hydroxylation is 1. The van der Waals surface area contributed by atoms with E-state index in [4.69, 9.17) is 4.98 Å². The highest BCUT2D eigenvalue weighted by atomic mass is 16.2. The number of aromatic nitrogens is 4. The molecule has 1 aromatic carbocycles. The number of hydrogen-bond acceptors (Lipinski definition) is 5. The van der Waals surface area contributed by atoms with E-state index in [-0.39, 0.29) is 11.2 Å². The van der Waals surface area contributed by atoms with Gasteiger partial charge in [-0.15, -0.1) is 0 Å². The van der Waals surface area contributed by atoms with Crippen LogP contribution in [0.15, 0.2) is 33.9 Å². The van der Waals surface area contributed by atoms with Crippen LogP contribution in [0.2, 0.25) is 0 Å². The number of rotatable bonds is 7. The minimum absolute atomic E-state index is 0.317. The van der Waals surface area contributed by atoms with Gasteiger partial charge >= 0.3 is 5.69 Å². The Hall–Kier alpha value is -2.87. The summed E-state index contributed by atoms with van der Waals surface area (Å²) in [6.45, 7) is 10.1. The van der Waals surface area contributed by atoms with E-state index in [1.165, 1.54) is 11.6 Å². The maximum atomic E-state index is 13.1. The third-order valence-electron chi connectivity index (χ3n) is 5.90. The lowest BCUT2D eigenvalue weighted by Gasteiger charge is -2.30. The molecule has 0 amide bonds. The molecule has 8 nitrogen and oxygen atoms in total. The van der Waals surface area contributed by atoms with Crippen molar-refractivity contribution in [3.05, 3.63) is 45.1 Å². The van der Waals surface area contributed by atoms with Crippen LogP contribution in [0.25, 0.3) is 22.6 Å². The van der Waals surface area contributed by atoms with Gasteiger partial charge in [-0.25, -0.2) is 9.78 Å². The van der Waals surface area contributed by atoms with Crippen LogP contribution in [-0.2, 0) is 20.6 Å². The molecule has 0 bridgehead atoms. The molecule has 0 saturated carbocycles. The molecule has 0 aliphatic rings. The molecule has 168 valence electrons. The number of anilines is 1. The summed E-state index contributed by atoms with van der Waals surface area (Å²) in [5, 5.41) is 0. The second-order valence-corrected chi connectivity index (χ2v) is 8.83. The third-order valence-corrected chi connectivity index (χ3v) is 5.90. The predicted octanol–water partition coefficient (Wildman–Crippen LogP) is 2.29. The minimum Gasteiger partial charge on any atom is -0.378 e. The van der Waals surface area contributed by atoms with Crippen LogP contribution in [0.3, 0.4) is 0 Å². The van der Waals surface area contributed by atoms with Crippen molar-refractivity contribution in [1.29, 1.82) is 0 Å². The molecule has 2 aromatic heterocycles. The number of hydrogen-bond donors (Lipinski definition) is 0. The van der Waals surface area contributed by atoms with Crippen LogP contribution < -0.4 is 16.1 Å². The van der Waals surface area contributed by atoms with E-state index < -0.39 is 0 Å². The first-order valence-corrected chi connectivity index (χ1v) is 10.7. The molecule has 0 aliphatic heterocycles. The summed E-state index contributed by atoms with van der Waals surface area (Å²) in [5.74, 6) is 0.700. The maximum absolute atomic E-state index is 13.1. The third kappa shape index (κ3) is 4.17. The number of benzene rings is 1. The zero-order chi connectivity index (χ0) is 23.0. The van der Waals surface area contributed by atoms with Gasteiger partial charge in [0.15, 0.2) is 11.2 Å². The minimum atomic E-state index is -0.373. The quantitative estimate of drug-likeness (QED) is 0.580. The van der Waals surface area contributed by atoms with Crippen LogP contribution in [0, 0.1) is 0 Å². The molecule has 0 atom stereocenters. The van der Waals surface area contributed by atoms with E-state index in [0.29, 0.717) is 35.6 Å². The van der Waals surface area contributed by atoms with Crippen molar-refractivity contribution in [1.82, 2.24) is 23.6 Å². The van der Waals surface area contributed by atoms with Gasteiger partial charge in [0.2, 0.25) is 0 Å². The lowest BCUT2D eigenvalue weighted by molar-refractivity contribution is 0.169. The molecule has 0 saturated heterocycles. The Bertz CT molecular complexity index is 1170. The Labute approximate surface area is 183 Å². The average Bonchev–Trinajstić information content (AvgIpc) is 3.10. The van der Waals surface area contributed by atoms with Gasteiger partial charge in [-0.2, -0.15) is 0 Å². The molecule has 3 rings (SSSR count). The van der Waals surface area contributed by atoms with E-state index >= 15 is 0 Å². The standard InChI is InChI=1S/C23H34N6O2/c1-15(2)28(16(3)4)13-14-29-19-21(26(7)23(31)27(8)22(19)30)24-20(29)17-9-11-18(12-10-17)25(5)6/h9-12,15-16H,13-14H2,1-8H3. The lowest BCUT2D eigenvalue weighted by Crippen LogP contribution is -2.40. The summed E-state index contributed by atoms with van der Waals surface area (Å²) >= 11 is 0. The van der Waals surface area contributed by atoms with Crippen molar-refractivity contribution >= 4 is 16.9 Å². The predicted molar refractivity (Wildman–Crippen MR) is 127 cm³/mol. The fraction of sp³-hybridized carbons (Fsp3) is 0.522. The van der Waals surface area contributed by atoms with Crippen molar-refractivity contribution in [2.75, 3.05) is 25.5 Å². The van der Waals surface area contributed by atoms with Crippen LogP contribution >= 0.6 is 0 Å². The summed E-state index contributed by atoms with van der Waals surface area (Å²) in [4.78, 5) is 34.8. The van der Waals surface area contributed by atoms with Gasteiger partial charge in [0.1, 0.15) is 5.82 Å². The largest absolute Gasteiger partial charge is 0.378 e. The molecule has 0 aliphatic carbocycles. The normalized spacial score (nSPS) is 12.0. The SMILES string of the molecule is CC(C)N(CCn1c(-c2ccc(N(C)C)cc2)nc2c1c(=O)n(C)c(=O)n2C)C(C)C. The topological polar surface area (TPSA) is 68.3 Å². The molecule has 2 heterocycles. The second-order valence-electron chi connectivity index (χ2n) is 8.83. The Morgan fingerprint density at radius 1 is 0.935 bits per heavy atom. The van der Waals surface area contributed by atoms with Gasteiger partial charge in [-0.1, -0.05) is 0 Å².